The molecule has 30 heavy (non-hydrogen) atoms. The van der Waals surface area contributed by atoms with Gasteiger partial charge in [0.2, 0.25) is 5.91 Å². The van der Waals surface area contributed by atoms with Crippen molar-refractivity contribution in [1.29, 1.82) is 5.26 Å². The topological polar surface area (TPSA) is 47.3 Å². The molecule has 7 heteroatoms. The van der Waals surface area contributed by atoms with E-state index in [0.717, 1.165) is 12.5 Å². The minimum absolute atomic E-state index is 0.0535. The number of nitriles is 1. The second-order valence-electron chi connectivity index (χ2n) is 7.65. The molecule has 1 aliphatic rings. The second-order valence-corrected chi connectivity index (χ2v) is 8.06. The van der Waals surface area contributed by atoms with E-state index in [4.69, 9.17) is 16.9 Å². The van der Waals surface area contributed by atoms with Crippen LogP contribution in [0, 0.1) is 28.9 Å². The zero-order valence-corrected chi connectivity index (χ0v) is 17.8. The van der Waals surface area contributed by atoms with E-state index in [-0.39, 0.29) is 30.0 Å². The van der Waals surface area contributed by atoms with Crippen LogP contribution >= 0.6 is 11.6 Å². The molecule has 1 heterocycles. The van der Waals surface area contributed by atoms with E-state index in [1.54, 1.807) is 24.3 Å². The summed E-state index contributed by atoms with van der Waals surface area (Å²) in [6.07, 6.45) is 1.47. The number of carbonyl (C=O) groups is 1. The lowest BCUT2D eigenvalue weighted by atomic mass is 10.1. The van der Waals surface area contributed by atoms with Crippen molar-refractivity contribution in [1.82, 2.24) is 4.90 Å². The van der Waals surface area contributed by atoms with Gasteiger partial charge in [-0.2, -0.15) is 5.26 Å². The number of nitrogens with zero attached hydrogens (tertiary/aromatic N) is 3. The van der Waals surface area contributed by atoms with Crippen LogP contribution in [0.15, 0.2) is 36.4 Å². The van der Waals surface area contributed by atoms with Gasteiger partial charge in [0, 0.05) is 42.8 Å². The Hall–Kier alpha value is -2.65. The molecule has 1 saturated heterocycles. The Morgan fingerprint density at radius 1 is 1.37 bits per heavy atom. The smallest absolute Gasteiger partial charge is 0.225 e. The van der Waals surface area contributed by atoms with Crippen LogP contribution in [-0.2, 0) is 11.3 Å². The lowest BCUT2D eigenvalue weighted by molar-refractivity contribution is -0.134. The largest absolute Gasteiger partial charge is 0.362 e. The molecule has 2 aromatic carbocycles. The van der Waals surface area contributed by atoms with Gasteiger partial charge in [0.25, 0.3) is 0 Å². The highest BCUT2D eigenvalue weighted by atomic mass is 35.5. The lowest BCUT2D eigenvalue weighted by Gasteiger charge is -2.32. The summed E-state index contributed by atoms with van der Waals surface area (Å²) in [5.41, 5.74) is 1.27. The molecule has 2 aromatic rings. The van der Waals surface area contributed by atoms with Crippen LogP contribution in [0.4, 0.5) is 14.5 Å². The predicted molar refractivity (Wildman–Crippen MR) is 113 cm³/mol. The molecule has 1 amide bonds. The van der Waals surface area contributed by atoms with Gasteiger partial charge in [-0.05, 0) is 37.1 Å². The first kappa shape index (κ1) is 22.0. The summed E-state index contributed by atoms with van der Waals surface area (Å²) in [6, 6.07) is 11.1. The van der Waals surface area contributed by atoms with Crippen molar-refractivity contribution < 1.29 is 13.6 Å². The van der Waals surface area contributed by atoms with Gasteiger partial charge in [-0.25, -0.2) is 8.78 Å². The van der Waals surface area contributed by atoms with Gasteiger partial charge in [0.15, 0.2) is 11.6 Å². The number of likely N-dealkylation sites (tertiary alicyclic amines) is 1. The highest BCUT2D eigenvalue weighted by Crippen LogP contribution is 2.30. The molecule has 1 fully saturated rings. The highest BCUT2D eigenvalue weighted by Gasteiger charge is 2.32. The number of amides is 1. The van der Waals surface area contributed by atoms with Gasteiger partial charge in [-0.3, -0.25) is 4.79 Å². The molecule has 0 N–H and O–H groups in total. The predicted octanol–water partition coefficient (Wildman–Crippen LogP) is 5.14. The van der Waals surface area contributed by atoms with Gasteiger partial charge >= 0.3 is 0 Å². The fourth-order valence-electron chi connectivity index (χ4n) is 3.74. The number of hydrogen-bond acceptors (Lipinski definition) is 3. The zero-order chi connectivity index (χ0) is 21.8. The first-order chi connectivity index (χ1) is 14.3. The number of anilines is 1. The first-order valence-electron chi connectivity index (χ1n) is 10.0. The molecule has 0 aliphatic carbocycles. The van der Waals surface area contributed by atoms with Crippen LogP contribution in [0.25, 0.3) is 0 Å². The Balaban J connectivity index is 1.92. The molecule has 1 unspecified atom stereocenters. The number of hydrogen-bond donors (Lipinski definition) is 0. The molecular formula is C23H24ClF2N3O. The SMILES string of the molecule is CCC(C)C(=O)N1CC[C@H](N(Cc2cccc(F)c2F)c2ccc(C#N)c(Cl)c2)C1. The summed E-state index contributed by atoms with van der Waals surface area (Å²) in [5.74, 6) is -1.73. The summed E-state index contributed by atoms with van der Waals surface area (Å²) in [7, 11) is 0. The van der Waals surface area contributed by atoms with Crippen molar-refractivity contribution in [2.75, 3.05) is 18.0 Å². The fraction of sp³-hybridized carbons (Fsp3) is 0.391. The first-order valence-corrected chi connectivity index (χ1v) is 10.4. The van der Waals surface area contributed by atoms with E-state index in [0.29, 0.717) is 35.8 Å². The average Bonchev–Trinajstić information content (AvgIpc) is 3.23. The minimum Gasteiger partial charge on any atom is -0.362 e. The molecule has 3 rings (SSSR count). The van der Waals surface area contributed by atoms with Crippen LogP contribution in [0.3, 0.4) is 0 Å². The molecule has 0 bridgehead atoms. The van der Waals surface area contributed by atoms with Gasteiger partial charge in [-0.15, -0.1) is 0 Å². The lowest BCUT2D eigenvalue weighted by Crippen LogP contribution is -2.40. The average molecular weight is 432 g/mol. The Labute approximate surface area is 180 Å². The molecule has 1 aliphatic heterocycles. The standard InChI is InChI=1S/C23H24ClF2N3O/c1-3-15(2)23(30)28-10-9-19(14-28)29(13-17-5-4-6-21(25)22(17)26)18-8-7-16(12-27)20(24)11-18/h4-8,11,15,19H,3,9-10,13-14H2,1-2H3/t15?,19-/m0/s1. The fourth-order valence-corrected chi connectivity index (χ4v) is 3.96. The van der Waals surface area contributed by atoms with Gasteiger partial charge < -0.3 is 9.80 Å². The maximum atomic E-state index is 14.4. The Morgan fingerprint density at radius 3 is 2.80 bits per heavy atom. The third-order valence-electron chi connectivity index (χ3n) is 5.73. The van der Waals surface area contributed by atoms with Crippen molar-refractivity contribution >= 4 is 23.2 Å². The third kappa shape index (κ3) is 4.57. The van der Waals surface area contributed by atoms with E-state index in [1.807, 2.05) is 29.7 Å². The molecule has 0 aromatic heterocycles. The molecule has 0 saturated carbocycles. The molecule has 4 nitrogen and oxygen atoms in total. The van der Waals surface area contributed by atoms with Crippen molar-refractivity contribution in [3.05, 3.63) is 64.2 Å². The summed E-state index contributed by atoms with van der Waals surface area (Å²) < 4.78 is 28.1. The van der Waals surface area contributed by atoms with Crippen molar-refractivity contribution in [2.24, 2.45) is 5.92 Å². The zero-order valence-electron chi connectivity index (χ0n) is 17.0. The van der Waals surface area contributed by atoms with Crippen LogP contribution in [-0.4, -0.2) is 29.9 Å². The Morgan fingerprint density at radius 2 is 2.13 bits per heavy atom. The number of rotatable bonds is 6. The summed E-state index contributed by atoms with van der Waals surface area (Å²) >= 11 is 6.23. The summed E-state index contributed by atoms with van der Waals surface area (Å²) in [5, 5.41) is 9.45. The monoisotopic (exact) mass is 431 g/mol. The van der Waals surface area contributed by atoms with Crippen molar-refractivity contribution in [3.8, 4) is 6.07 Å². The van der Waals surface area contributed by atoms with E-state index in [9.17, 15) is 13.6 Å². The van der Waals surface area contributed by atoms with Crippen LogP contribution in [0.5, 0.6) is 0 Å². The van der Waals surface area contributed by atoms with E-state index >= 15 is 0 Å². The summed E-state index contributed by atoms with van der Waals surface area (Å²) in [6.45, 7) is 5.13. The molecule has 2 atom stereocenters. The maximum Gasteiger partial charge on any atom is 0.225 e. The van der Waals surface area contributed by atoms with E-state index in [1.165, 1.54) is 6.07 Å². The normalized spacial score (nSPS) is 16.9. The van der Waals surface area contributed by atoms with Crippen LogP contribution in [0.1, 0.15) is 37.8 Å². The number of halogens is 3. The molecule has 0 radical (unpaired) electrons. The number of carbonyl (C=O) groups excluding carboxylic acids is 1. The Bertz CT molecular complexity index is 975. The highest BCUT2D eigenvalue weighted by molar-refractivity contribution is 6.32. The maximum absolute atomic E-state index is 14.4. The van der Waals surface area contributed by atoms with Crippen LogP contribution < -0.4 is 4.90 Å². The quantitative estimate of drug-likeness (QED) is 0.636. The number of benzene rings is 2. The summed E-state index contributed by atoms with van der Waals surface area (Å²) in [4.78, 5) is 16.4. The molecular weight excluding hydrogens is 408 g/mol. The van der Waals surface area contributed by atoms with Crippen molar-refractivity contribution in [3.63, 3.8) is 0 Å². The van der Waals surface area contributed by atoms with E-state index in [2.05, 4.69) is 0 Å². The van der Waals surface area contributed by atoms with Gasteiger partial charge in [-0.1, -0.05) is 37.6 Å². The molecule has 0 spiro atoms. The van der Waals surface area contributed by atoms with Gasteiger partial charge in [0.05, 0.1) is 10.6 Å². The van der Waals surface area contributed by atoms with Crippen LogP contribution in [0.2, 0.25) is 5.02 Å². The third-order valence-corrected chi connectivity index (χ3v) is 6.04. The molecule has 158 valence electrons. The second kappa shape index (κ2) is 9.44. The minimum atomic E-state index is -0.898. The van der Waals surface area contributed by atoms with E-state index < -0.39 is 11.6 Å². The van der Waals surface area contributed by atoms with Crippen molar-refractivity contribution in [2.45, 2.75) is 39.3 Å². The van der Waals surface area contributed by atoms with Gasteiger partial charge in [0.1, 0.15) is 6.07 Å². The Kier molecular flexibility index (Phi) is 6.94.